The zero-order valence-electron chi connectivity index (χ0n) is 35.0. The maximum absolute atomic E-state index is 6.52. The Labute approximate surface area is 372 Å². The summed E-state index contributed by atoms with van der Waals surface area (Å²) < 4.78 is 6.52. The smallest absolute Gasteiger partial charge is 0.136 e. The lowest BCUT2D eigenvalue weighted by Crippen LogP contribution is -2.11. The molecule has 0 aliphatic rings. The summed E-state index contributed by atoms with van der Waals surface area (Å²) in [5.41, 5.74) is 16.8. The first kappa shape index (κ1) is 37.3. The molecule has 0 bridgehead atoms. The first-order valence-electron chi connectivity index (χ1n) is 21.9. The van der Waals surface area contributed by atoms with Crippen LogP contribution < -0.4 is 4.90 Å². The van der Waals surface area contributed by atoms with Crippen LogP contribution in [0.2, 0.25) is 0 Å². The Morgan fingerprint density at radius 2 is 0.812 bits per heavy atom. The van der Waals surface area contributed by atoms with Gasteiger partial charge in [-0.2, -0.15) is 0 Å². The van der Waals surface area contributed by atoms with E-state index in [4.69, 9.17) is 4.42 Å². The Balaban J connectivity index is 1.00. The molecule has 12 rings (SSSR count). The molecule has 1 heterocycles. The van der Waals surface area contributed by atoms with E-state index >= 15 is 0 Å². The molecule has 1 aromatic heterocycles. The Bertz CT molecular complexity index is 3640. The zero-order chi connectivity index (χ0) is 42.4. The highest BCUT2D eigenvalue weighted by Crippen LogP contribution is 2.46. The van der Waals surface area contributed by atoms with Gasteiger partial charge < -0.3 is 9.32 Å². The van der Waals surface area contributed by atoms with E-state index in [-0.39, 0.29) is 0 Å². The maximum Gasteiger partial charge on any atom is 0.136 e. The Hall–Kier alpha value is -8.46. The van der Waals surface area contributed by atoms with Gasteiger partial charge in [-0.15, -0.1) is 0 Å². The highest BCUT2D eigenvalue weighted by Gasteiger charge is 2.20. The van der Waals surface area contributed by atoms with Crippen LogP contribution in [-0.2, 0) is 0 Å². The highest BCUT2D eigenvalue weighted by molar-refractivity contribution is 6.22. The number of nitrogens with zero attached hydrogens (tertiary/aromatic N) is 1. The maximum atomic E-state index is 6.52. The van der Waals surface area contributed by atoms with Gasteiger partial charge in [0.15, 0.2) is 0 Å². The minimum atomic E-state index is 0.900. The predicted molar refractivity (Wildman–Crippen MR) is 271 cm³/mol. The van der Waals surface area contributed by atoms with Crippen molar-refractivity contribution < 1.29 is 4.42 Å². The number of rotatable bonds is 8. The number of hydrogen-bond donors (Lipinski definition) is 0. The monoisotopic (exact) mass is 815 g/mol. The largest absolute Gasteiger partial charge is 0.456 e. The molecule has 0 saturated heterocycles. The third-order valence-corrected chi connectivity index (χ3v) is 12.7. The molecule has 0 N–H and O–H groups in total. The van der Waals surface area contributed by atoms with Gasteiger partial charge in [0.25, 0.3) is 0 Å². The van der Waals surface area contributed by atoms with E-state index in [1.807, 2.05) is 6.07 Å². The molecule has 12 aromatic rings. The summed E-state index contributed by atoms with van der Waals surface area (Å²) in [6.45, 7) is 0. The van der Waals surface area contributed by atoms with Gasteiger partial charge in [0.1, 0.15) is 11.2 Å². The minimum Gasteiger partial charge on any atom is -0.456 e. The molecule has 64 heavy (non-hydrogen) atoms. The Morgan fingerprint density at radius 3 is 1.56 bits per heavy atom. The number of furan rings is 1. The van der Waals surface area contributed by atoms with Crippen molar-refractivity contribution in [1.29, 1.82) is 0 Å². The van der Waals surface area contributed by atoms with E-state index in [1.165, 1.54) is 54.9 Å². The molecule has 11 aromatic carbocycles. The summed E-state index contributed by atoms with van der Waals surface area (Å²) in [6, 6.07) is 89.7. The van der Waals surface area contributed by atoms with Crippen LogP contribution >= 0.6 is 0 Å². The van der Waals surface area contributed by atoms with Crippen molar-refractivity contribution in [2.75, 3.05) is 4.90 Å². The van der Waals surface area contributed by atoms with E-state index in [9.17, 15) is 0 Å². The average molecular weight is 816 g/mol. The average Bonchev–Trinajstić information content (AvgIpc) is 3.76. The van der Waals surface area contributed by atoms with Gasteiger partial charge in [-0.05, 0) is 126 Å². The summed E-state index contributed by atoms with van der Waals surface area (Å²) in [6.07, 6.45) is 0. The highest BCUT2D eigenvalue weighted by atomic mass is 16.3. The van der Waals surface area contributed by atoms with Gasteiger partial charge >= 0.3 is 0 Å². The molecular weight excluding hydrogens is 775 g/mol. The van der Waals surface area contributed by atoms with Crippen LogP contribution in [0.5, 0.6) is 0 Å². The summed E-state index contributed by atoms with van der Waals surface area (Å²) >= 11 is 0. The van der Waals surface area contributed by atoms with Crippen molar-refractivity contribution in [3.05, 3.63) is 249 Å². The van der Waals surface area contributed by atoms with Crippen molar-refractivity contribution in [2.45, 2.75) is 0 Å². The summed E-state index contributed by atoms with van der Waals surface area (Å²) in [5.74, 6) is 0. The Morgan fingerprint density at radius 1 is 0.266 bits per heavy atom. The van der Waals surface area contributed by atoms with Crippen LogP contribution in [0, 0.1) is 0 Å². The molecule has 0 fully saturated rings. The summed E-state index contributed by atoms with van der Waals surface area (Å²) in [5, 5.41) is 7.11. The third-order valence-electron chi connectivity index (χ3n) is 12.7. The van der Waals surface area contributed by atoms with E-state index in [0.29, 0.717) is 0 Å². The van der Waals surface area contributed by atoms with E-state index in [2.05, 4.69) is 248 Å². The second-order valence-corrected chi connectivity index (χ2v) is 16.4. The van der Waals surface area contributed by atoms with Gasteiger partial charge in [0.05, 0.1) is 5.69 Å². The Kier molecular flexibility index (Phi) is 9.20. The van der Waals surface area contributed by atoms with Crippen molar-refractivity contribution in [2.24, 2.45) is 0 Å². The summed E-state index contributed by atoms with van der Waals surface area (Å²) in [4.78, 5) is 2.40. The normalized spacial score (nSPS) is 11.4. The molecule has 2 heteroatoms. The number of hydrogen-bond acceptors (Lipinski definition) is 2. The first-order valence-corrected chi connectivity index (χ1v) is 21.9. The lowest BCUT2D eigenvalue weighted by Gasteiger charge is -2.29. The topological polar surface area (TPSA) is 16.4 Å². The fraction of sp³-hybridized carbons (Fsp3) is 0. The van der Waals surface area contributed by atoms with Crippen molar-refractivity contribution >= 4 is 60.5 Å². The lowest BCUT2D eigenvalue weighted by atomic mass is 9.91. The first-order chi connectivity index (χ1) is 31.7. The van der Waals surface area contributed by atoms with Crippen LogP contribution in [0.1, 0.15) is 0 Å². The third kappa shape index (κ3) is 6.61. The van der Waals surface area contributed by atoms with Crippen LogP contribution in [0.3, 0.4) is 0 Å². The van der Waals surface area contributed by atoms with E-state index in [0.717, 1.165) is 61.3 Å². The standard InChI is InChI=1S/C62H41NO/c1-3-15-42(16-4-1)44-29-34-50(35-30-44)63(59-25-13-11-23-54(59)53-22-10-9-21-52(53)46-18-5-2-6-19-46)51-36-31-45(32-37-51)48-33-38-55-58(40-48)57(49-28-27-43-17-7-8-20-47(43)39-49)41-61-62(55)56-24-12-14-26-60(56)64-61/h1-41H. The minimum absolute atomic E-state index is 0.900. The lowest BCUT2D eigenvalue weighted by molar-refractivity contribution is 0.669. The van der Waals surface area contributed by atoms with Gasteiger partial charge in [0, 0.05) is 27.7 Å². The molecule has 0 aliphatic carbocycles. The van der Waals surface area contributed by atoms with Gasteiger partial charge in [0.2, 0.25) is 0 Å². The second-order valence-electron chi connectivity index (χ2n) is 16.4. The molecule has 0 aliphatic heterocycles. The van der Waals surface area contributed by atoms with Crippen LogP contribution in [-0.4, -0.2) is 0 Å². The van der Waals surface area contributed by atoms with Crippen molar-refractivity contribution in [3.8, 4) is 55.6 Å². The molecular formula is C62H41NO. The van der Waals surface area contributed by atoms with Crippen LogP contribution in [0.25, 0.3) is 99.1 Å². The second kappa shape index (κ2) is 15.8. The van der Waals surface area contributed by atoms with Gasteiger partial charge in [-0.3, -0.25) is 0 Å². The number of benzene rings is 11. The van der Waals surface area contributed by atoms with Crippen molar-refractivity contribution in [1.82, 2.24) is 0 Å². The molecule has 0 atom stereocenters. The fourth-order valence-corrected chi connectivity index (χ4v) is 9.56. The quantitative estimate of drug-likeness (QED) is 0.152. The number of para-hydroxylation sites is 2. The zero-order valence-corrected chi connectivity index (χ0v) is 35.0. The van der Waals surface area contributed by atoms with Gasteiger partial charge in [-0.1, -0.05) is 194 Å². The molecule has 0 spiro atoms. The fourth-order valence-electron chi connectivity index (χ4n) is 9.56. The molecule has 0 unspecified atom stereocenters. The summed E-state index contributed by atoms with van der Waals surface area (Å²) in [7, 11) is 0. The van der Waals surface area contributed by atoms with Crippen LogP contribution in [0.15, 0.2) is 253 Å². The predicted octanol–water partition coefficient (Wildman–Crippen LogP) is 17.7. The number of fused-ring (bicyclic) bond motifs is 6. The van der Waals surface area contributed by atoms with Crippen LogP contribution in [0.4, 0.5) is 17.1 Å². The van der Waals surface area contributed by atoms with E-state index < -0.39 is 0 Å². The molecule has 2 nitrogen and oxygen atoms in total. The van der Waals surface area contributed by atoms with E-state index in [1.54, 1.807) is 0 Å². The molecule has 0 amide bonds. The van der Waals surface area contributed by atoms with Crippen molar-refractivity contribution in [3.63, 3.8) is 0 Å². The molecule has 0 saturated carbocycles. The number of anilines is 3. The molecule has 300 valence electrons. The van der Waals surface area contributed by atoms with Gasteiger partial charge in [-0.25, -0.2) is 0 Å². The molecule has 0 radical (unpaired) electrons. The SMILES string of the molecule is c1ccc(-c2ccc(N(c3ccc(-c4ccc5c(c4)c(-c4ccc6ccccc6c4)cc4oc6ccccc6c45)cc3)c3ccccc3-c3ccccc3-c3ccccc3)cc2)cc1.